The summed E-state index contributed by atoms with van der Waals surface area (Å²) in [5.74, 6) is 0. The van der Waals surface area contributed by atoms with E-state index in [1.165, 1.54) is 0 Å². The van der Waals surface area contributed by atoms with Gasteiger partial charge >= 0.3 is 0 Å². The van der Waals surface area contributed by atoms with Gasteiger partial charge in [-0.2, -0.15) is 0 Å². The molecule has 1 fully saturated rings. The van der Waals surface area contributed by atoms with Gasteiger partial charge in [-0.3, -0.25) is 0 Å². The summed E-state index contributed by atoms with van der Waals surface area (Å²) in [7, 11) is -1.85. The van der Waals surface area contributed by atoms with E-state index in [0.29, 0.717) is 18.0 Å². The topological polar surface area (TPSA) is 55.4 Å². The van der Waals surface area contributed by atoms with Crippen LogP contribution in [-0.4, -0.2) is 28.7 Å². The number of rotatable bonds is 6. The number of methoxy groups -OCH3 is 1. The van der Waals surface area contributed by atoms with Gasteiger partial charge in [0.15, 0.2) is 0 Å². The second-order valence-corrected chi connectivity index (χ2v) is 7.82. The number of ether oxygens (including phenoxy) is 1. The Labute approximate surface area is 131 Å². The van der Waals surface area contributed by atoms with Gasteiger partial charge in [-0.1, -0.05) is 42.8 Å². The van der Waals surface area contributed by atoms with Crippen molar-refractivity contribution in [3.05, 3.63) is 42.5 Å². The summed E-state index contributed by atoms with van der Waals surface area (Å²) in [5.41, 5.74) is -0.0353. The van der Waals surface area contributed by atoms with Crippen molar-refractivity contribution >= 4 is 20.8 Å². The lowest BCUT2D eigenvalue weighted by molar-refractivity contribution is 0.0220. The van der Waals surface area contributed by atoms with Crippen molar-refractivity contribution in [2.45, 2.75) is 24.2 Å². The van der Waals surface area contributed by atoms with Crippen LogP contribution in [0, 0.1) is 5.41 Å². The fourth-order valence-electron chi connectivity index (χ4n) is 3.11. The van der Waals surface area contributed by atoms with Gasteiger partial charge in [0.25, 0.3) is 0 Å². The fraction of sp³-hybridized carbons (Fsp3) is 0.412. The lowest BCUT2D eigenvalue weighted by atomic mass is 9.69. The van der Waals surface area contributed by atoms with Gasteiger partial charge < -0.3 is 4.74 Å². The third-order valence-corrected chi connectivity index (χ3v) is 6.00. The maximum atomic E-state index is 12.7. The minimum Gasteiger partial charge on any atom is -0.384 e. The van der Waals surface area contributed by atoms with Gasteiger partial charge in [0, 0.05) is 24.5 Å². The number of benzene rings is 2. The lowest BCUT2D eigenvalue weighted by Gasteiger charge is -2.41. The maximum Gasteiger partial charge on any atom is 0.241 e. The molecule has 4 nitrogen and oxygen atoms in total. The molecular weight excluding hydrogens is 298 g/mol. The Hall–Kier alpha value is -1.43. The summed E-state index contributed by atoms with van der Waals surface area (Å²) < 4.78 is 33.4. The van der Waals surface area contributed by atoms with Crippen LogP contribution in [0.4, 0.5) is 0 Å². The zero-order valence-corrected chi connectivity index (χ0v) is 13.5. The first kappa shape index (κ1) is 15.5. The predicted octanol–water partition coefficient (Wildman–Crippen LogP) is 2.93. The predicted molar refractivity (Wildman–Crippen MR) is 87.3 cm³/mol. The first-order valence-electron chi connectivity index (χ1n) is 7.53. The average molecular weight is 319 g/mol. The molecule has 0 bridgehead atoms. The number of hydrogen-bond donors (Lipinski definition) is 1. The Morgan fingerprint density at radius 1 is 1.14 bits per heavy atom. The van der Waals surface area contributed by atoms with E-state index in [-0.39, 0.29) is 5.41 Å². The van der Waals surface area contributed by atoms with Crippen LogP contribution in [0.3, 0.4) is 0 Å². The van der Waals surface area contributed by atoms with Gasteiger partial charge in [-0.25, -0.2) is 13.1 Å². The lowest BCUT2D eigenvalue weighted by Crippen LogP contribution is -2.45. The second kappa shape index (κ2) is 5.99. The molecule has 0 unspecified atom stereocenters. The van der Waals surface area contributed by atoms with Crippen molar-refractivity contribution in [1.82, 2.24) is 4.72 Å². The maximum absolute atomic E-state index is 12.7. The molecule has 0 amide bonds. The molecule has 0 atom stereocenters. The van der Waals surface area contributed by atoms with Crippen LogP contribution in [0.15, 0.2) is 47.4 Å². The Morgan fingerprint density at radius 2 is 1.86 bits per heavy atom. The van der Waals surface area contributed by atoms with Crippen molar-refractivity contribution in [2.75, 3.05) is 20.3 Å². The SMILES string of the molecule is COCC1(CNS(=O)(=O)c2cccc3ccccc23)CCC1. The van der Waals surface area contributed by atoms with E-state index < -0.39 is 10.0 Å². The van der Waals surface area contributed by atoms with Crippen molar-refractivity contribution < 1.29 is 13.2 Å². The normalized spacial score (nSPS) is 17.3. The van der Waals surface area contributed by atoms with Gasteiger partial charge in [-0.15, -0.1) is 0 Å². The molecule has 22 heavy (non-hydrogen) atoms. The highest BCUT2D eigenvalue weighted by molar-refractivity contribution is 7.89. The summed E-state index contributed by atoms with van der Waals surface area (Å²) in [6.07, 6.45) is 3.16. The molecule has 118 valence electrons. The van der Waals surface area contributed by atoms with E-state index in [4.69, 9.17) is 4.74 Å². The summed E-state index contributed by atoms with van der Waals surface area (Å²) in [5, 5.41) is 1.69. The molecule has 1 saturated carbocycles. The van der Waals surface area contributed by atoms with Crippen molar-refractivity contribution in [3.8, 4) is 0 Å². The molecule has 2 aromatic carbocycles. The van der Waals surface area contributed by atoms with Crippen molar-refractivity contribution in [3.63, 3.8) is 0 Å². The molecule has 0 saturated heterocycles. The van der Waals surface area contributed by atoms with Crippen LogP contribution >= 0.6 is 0 Å². The summed E-state index contributed by atoms with van der Waals surface area (Å²) in [6, 6.07) is 12.9. The molecule has 5 heteroatoms. The fourth-order valence-corrected chi connectivity index (χ4v) is 4.50. The van der Waals surface area contributed by atoms with Crippen LogP contribution < -0.4 is 4.72 Å². The Balaban J connectivity index is 1.86. The highest BCUT2D eigenvalue weighted by Gasteiger charge is 2.38. The van der Waals surface area contributed by atoms with Crippen LogP contribution in [0.2, 0.25) is 0 Å². The van der Waals surface area contributed by atoms with E-state index in [9.17, 15) is 8.42 Å². The van der Waals surface area contributed by atoms with Crippen LogP contribution in [0.5, 0.6) is 0 Å². The van der Waals surface area contributed by atoms with E-state index in [1.807, 2.05) is 30.3 Å². The van der Waals surface area contributed by atoms with Crippen LogP contribution in [-0.2, 0) is 14.8 Å². The summed E-state index contributed by atoms with van der Waals surface area (Å²) >= 11 is 0. The molecule has 1 N–H and O–H groups in total. The first-order chi connectivity index (χ1) is 10.6. The minimum absolute atomic E-state index is 0.0353. The number of nitrogens with one attached hydrogen (secondary N) is 1. The Morgan fingerprint density at radius 3 is 2.55 bits per heavy atom. The van der Waals surface area contributed by atoms with Crippen LogP contribution in [0.1, 0.15) is 19.3 Å². The van der Waals surface area contributed by atoms with Crippen molar-refractivity contribution in [1.29, 1.82) is 0 Å². The Kier molecular flexibility index (Phi) is 4.21. The molecule has 0 spiro atoms. The Bertz CT molecular complexity index is 761. The molecule has 1 aliphatic carbocycles. The molecule has 2 aromatic rings. The van der Waals surface area contributed by atoms with Crippen LogP contribution in [0.25, 0.3) is 10.8 Å². The van der Waals surface area contributed by atoms with Gasteiger partial charge in [0.1, 0.15) is 0 Å². The van der Waals surface area contributed by atoms with E-state index in [1.54, 1.807) is 19.2 Å². The number of hydrogen-bond acceptors (Lipinski definition) is 3. The molecule has 3 rings (SSSR count). The van der Waals surface area contributed by atoms with Gasteiger partial charge in [0.2, 0.25) is 10.0 Å². The van der Waals surface area contributed by atoms with Crippen molar-refractivity contribution in [2.24, 2.45) is 5.41 Å². The smallest absolute Gasteiger partial charge is 0.241 e. The highest BCUT2D eigenvalue weighted by Crippen LogP contribution is 2.40. The molecule has 1 aliphatic rings. The second-order valence-electron chi connectivity index (χ2n) is 6.09. The summed E-state index contributed by atoms with van der Waals surface area (Å²) in [4.78, 5) is 0.345. The molecule has 0 radical (unpaired) electrons. The first-order valence-corrected chi connectivity index (χ1v) is 9.01. The van der Waals surface area contributed by atoms with E-state index in [0.717, 1.165) is 30.0 Å². The minimum atomic E-state index is -3.52. The highest BCUT2D eigenvalue weighted by atomic mass is 32.2. The summed E-state index contributed by atoms with van der Waals surface area (Å²) in [6.45, 7) is 1.04. The zero-order chi connectivity index (χ0) is 15.6. The molecule has 0 aliphatic heterocycles. The third-order valence-electron chi connectivity index (χ3n) is 4.54. The average Bonchev–Trinajstić information content (AvgIpc) is 2.49. The quantitative estimate of drug-likeness (QED) is 0.890. The number of fused-ring (bicyclic) bond motifs is 1. The standard InChI is InChI=1S/C17H21NO3S/c1-21-13-17(10-5-11-17)12-18-22(19,20)16-9-4-7-14-6-2-3-8-15(14)16/h2-4,6-9,18H,5,10-13H2,1H3. The monoisotopic (exact) mass is 319 g/mol. The molecule has 0 aromatic heterocycles. The van der Waals surface area contributed by atoms with E-state index in [2.05, 4.69) is 4.72 Å². The third kappa shape index (κ3) is 2.89. The largest absolute Gasteiger partial charge is 0.384 e. The molecule has 0 heterocycles. The number of sulfonamides is 1. The molecular formula is C17H21NO3S. The van der Waals surface area contributed by atoms with E-state index >= 15 is 0 Å². The zero-order valence-electron chi connectivity index (χ0n) is 12.7. The van der Waals surface area contributed by atoms with Gasteiger partial charge in [-0.05, 0) is 24.3 Å². The van der Waals surface area contributed by atoms with Gasteiger partial charge in [0.05, 0.1) is 11.5 Å².